The number of hydrogen-bond acceptors (Lipinski definition) is 3. The standard InChI is InChI=1S/C13H18F3NOS/c1-3-11(9-18-2)17-8-10-4-6-12(7-5-10)19-13(14,15)16/h4-7,11,17H,3,8-9H2,1-2H3. The Morgan fingerprint density at radius 2 is 1.89 bits per heavy atom. The van der Waals surface area contributed by atoms with E-state index in [1.807, 2.05) is 0 Å². The van der Waals surface area contributed by atoms with Gasteiger partial charge in [-0.05, 0) is 35.9 Å². The first-order valence-corrected chi connectivity index (χ1v) is 6.83. The lowest BCUT2D eigenvalue weighted by atomic mass is 10.2. The van der Waals surface area contributed by atoms with Crippen molar-refractivity contribution < 1.29 is 17.9 Å². The SMILES string of the molecule is CCC(COC)NCc1ccc(SC(F)(F)F)cc1. The Balaban J connectivity index is 2.48. The molecule has 19 heavy (non-hydrogen) atoms. The summed E-state index contributed by atoms with van der Waals surface area (Å²) in [6, 6.07) is 6.66. The first-order chi connectivity index (χ1) is 8.94. The van der Waals surface area contributed by atoms with E-state index in [9.17, 15) is 13.2 Å². The van der Waals surface area contributed by atoms with E-state index in [-0.39, 0.29) is 22.7 Å². The Bertz CT molecular complexity index is 367. The lowest BCUT2D eigenvalue weighted by Crippen LogP contribution is -2.31. The Morgan fingerprint density at radius 3 is 2.37 bits per heavy atom. The van der Waals surface area contributed by atoms with E-state index in [4.69, 9.17) is 4.74 Å². The van der Waals surface area contributed by atoms with E-state index < -0.39 is 5.51 Å². The van der Waals surface area contributed by atoms with Crippen LogP contribution in [0.1, 0.15) is 18.9 Å². The van der Waals surface area contributed by atoms with Gasteiger partial charge in [-0.2, -0.15) is 13.2 Å². The molecule has 0 fully saturated rings. The summed E-state index contributed by atoms with van der Waals surface area (Å²) in [4.78, 5) is 0.209. The molecule has 1 rings (SSSR count). The second-order valence-corrected chi connectivity index (χ2v) is 5.27. The monoisotopic (exact) mass is 293 g/mol. The highest BCUT2D eigenvalue weighted by Gasteiger charge is 2.28. The summed E-state index contributed by atoms with van der Waals surface area (Å²) < 4.78 is 41.6. The Labute approximate surface area is 115 Å². The Morgan fingerprint density at radius 1 is 1.26 bits per heavy atom. The minimum absolute atomic E-state index is 0.0939. The van der Waals surface area contributed by atoms with Crippen molar-refractivity contribution in [3.63, 3.8) is 0 Å². The van der Waals surface area contributed by atoms with E-state index in [1.54, 1.807) is 19.2 Å². The quantitative estimate of drug-likeness (QED) is 0.772. The van der Waals surface area contributed by atoms with Crippen LogP contribution in [0.2, 0.25) is 0 Å². The first kappa shape index (κ1) is 16.3. The molecule has 1 unspecified atom stereocenters. The minimum atomic E-state index is -4.23. The van der Waals surface area contributed by atoms with Crippen molar-refractivity contribution in [1.29, 1.82) is 0 Å². The van der Waals surface area contributed by atoms with Crippen LogP contribution in [0.3, 0.4) is 0 Å². The van der Waals surface area contributed by atoms with Crippen molar-refractivity contribution >= 4 is 11.8 Å². The summed E-state index contributed by atoms with van der Waals surface area (Å²) in [6.07, 6.45) is 0.940. The maximum Gasteiger partial charge on any atom is 0.446 e. The molecule has 0 aliphatic carbocycles. The average molecular weight is 293 g/mol. The van der Waals surface area contributed by atoms with Crippen LogP contribution in [0.15, 0.2) is 29.2 Å². The van der Waals surface area contributed by atoms with Crippen LogP contribution < -0.4 is 5.32 Å². The van der Waals surface area contributed by atoms with Crippen molar-refractivity contribution in [3.8, 4) is 0 Å². The number of rotatable bonds is 7. The summed E-state index contributed by atoms with van der Waals surface area (Å²) in [6.45, 7) is 3.30. The third-order valence-electron chi connectivity index (χ3n) is 2.61. The Hall–Kier alpha value is -0.720. The molecule has 0 aliphatic heterocycles. The second-order valence-electron chi connectivity index (χ2n) is 4.13. The highest BCUT2D eigenvalue weighted by molar-refractivity contribution is 8.00. The fourth-order valence-corrected chi connectivity index (χ4v) is 2.13. The molecule has 0 bridgehead atoms. The molecule has 6 heteroatoms. The maximum atomic E-state index is 12.2. The number of alkyl halides is 3. The Kier molecular flexibility index (Phi) is 6.68. The van der Waals surface area contributed by atoms with E-state index >= 15 is 0 Å². The van der Waals surface area contributed by atoms with Crippen molar-refractivity contribution in [2.75, 3.05) is 13.7 Å². The molecule has 0 radical (unpaired) electrons. The van der Waals surface area contributed by atoms with Crippen molar-refractivity contribution in [2.45, 2.75) is 36.3 Å². The average Bonchev–Trinajstić information content (AvgIpc) is 2.34. The van der Waals surface area contributed by atoms with E-state index in [0.29, 0.717) is 13.2 Å². The molecule has 0 saturated heterocycles. The predicted molar refractivity (Wildman–Crippen MR) is 71.1 cm³/mol. The van der Waals surface area contributed by atoms with Crippen LogP contribution >= 0.6 is 11.8 Å². The zero-order valence-electron chi connectivity index (χ0n) is 11.0. The number of hydrogen-bond donors (Lipinski definition) is 1. The summed E-state index contributed by atoms with van der Waals surface area (Å²) in [7, 11) is 1.65. The third kappa shape index (κ3) is 6.84. The lowest BCUT2D eigenvalue weighted by Gasteiger charge is -2.16. The van der Waals surface area contributed by atoms with Crippen molar-refractivity contribution in [1.82, 2.24) is 5.32 Å². The first-order valence-electron chi connectivity index (χ1n) is 6.01. The number of thioether (sulfide) groups is 1. The minimum Gasteiger partial charge on any atom is -0.383 e. The molecular weight excluding hydrogens is 275 g/mol. The van der Waals surface area contributed by atoms with Gasteiger partial charge in [0, 0.05) is 24.6 Å². The number of ether oxygens (including phenoxy) is 1. The highest BCUT2D eigenvalue weighted by atomic mass is 32.2. The zero-order chi connectivity index (χ0) is 14.3. The normalized spacial score (nSPS) is 13.5. The molecule has 0 amide bonds. The molecular formula is C13H18F3NOS. The van der Waals surface area contributed by atoms with Gasteiger partial charge in [-0.25, -0.2) is 0 Å². The third-order valence-corrected chi connectivity index (χ3v) is 3.35. The van der Waals surface area contributed by atoms with E-state index in [0.717, 1.165) is 12.0 Å². The van der Waals surface area contributed by atoms with Gasteiger partial charge in [-0.15, -0.1) is 0 Å². The van der Waals surface area contributed by atoms with Gasteiger partial charge in [0.1, 0.15) is 0 Å². The molecule has 1 atom stereocenters. The number of nitrogens with one attached hydrogen (secondary N) is 1. The van der Waals surface area contributed by atoms with Gasteiger partial charge in [-0.3, -0.25) is 0 Å². The molecule has 108 valence electrons. The van der Waals surface area contributed by atoms with Gasteiger partial charge in [0.25, 0.3) is 0 Å². The van der Waals surface area contributed by atoms with Crippen LogP contribution in [0, 0.1) is 0 Å². The summed E-state index contributed by atoms with van der Waals surface area (Å²) in [5, 5.41) is 3.30. The summed E-state index contributed by atoms with van der Waals surface area (Å²) in [5.74, 6) is 0. The van der Waals surface area contributed by atoms with Gasteiger partial charge in [-0.1, -0.05) is 19.1 Å². The van der Waals surface area contributed by atoms with Gasteiger partial charge in [0.2, 0.25) is 0 Å². The largest absolute Gasteiger partial charge is 0.446 e. The summed E-state index contributed by atoms with van der Waals surface area (Å²) in [5.41, 5.74) is -3.27. The molecule has 1 N–H and O–H groups in total. The van der Waals surface area contributed by atoms with Crippen LogP contribution in [-0.4, -0.2) is 25.3 Å². The molecule has 0 aromatic heterocycles. The molecule has 1 aromatic carbocycles. The molecule has 2 nitrogen and oxygen atoms in total. The van der Waals surface area contributed by atoms with Crippen LogP contribution in [0.25, 0.3) is 0 Å². The van der Waals surface area contributed by atoms with Gasteiger partial charge >= 0.3 is 5.51 Å². The van der Waals surface area contributed by atoms with Crippen molar-refractivity contribution in [2.24, 2.45) is 0 Å². The van der Waals surface area contributed by atoms with Crippen LogP contribution in [0.5, 0.6) is 0 Å². The van der Waals surface area contributed by atoms with Crippen LogP contribution in [0.4, 0.5) is 13.2 Å². The zero-order valence-corrected chi connectivity index (χ0v) is 11.8. The highest BCUT2D eigenvalue weighted by Crippen LogP contribution is 2.36. The maximum absolute atomic E-state index is 12.2. The lowest BCUT2D eigenvalue weighted by molar-refractivity contribution is -0.0328. The van der Waals surface area contributed by atoms with Crippen molar-refractivity contribution in [3.05, 3.63) is 29.8 Å². The van der Waals surface area contributed by atoms with Gasteiger partial charge in [0.15, 0.2) is 0 Å². The molecule has 0 saturated carbocycles. The molecule has 0 spiro atoms. The van der Waals surface area contributed by atoms with Crippen LogP contribution in [-0.2, 0) is 11.3 Å². The second kappa shape index (κ2) is 7.77. The smallest absolute Gasteiger partial charge is 0.383 e. The number of benzene rings is 1. The number of methoxy groups -OCH3 is 1. The predicted octanol–water partition coefficient (Wildman–Crippen LogP) is 3.81. The molecule has 0 heterocycles. The van der Waals surface area contributed by atoms with E-state index in [2.05, 4.69) is 12.2 Å². The number of halogens is 3. The molecule has 1 aromatic rings. The van der Waals surface area contributed by atoms with Gasteiger partial charge in [0.05, 0.1) is 6.61 Å². The fourth-order valence-electron chi connectivity index (χ4n) is 1.59. The topological polar surface area (TPSA) is 21.3 Å². The fraction of sp³-hybridized carbons (Fsp3) is 0.538. The molecule has 0 aliphatic rings. The van der Waals surface area contributed by atoms with Gasteiger partial charge < -0.3 is 10.1 Å². The van der Waals surface area contributed by atoms with E-state index in [1.165, 1.54) is 12.1 Å². The summed E-state index contributed by atoms with van der Waals surface area (Å²) >= 11 is -0.0939.